The van der Waals surface area contributed by atoms with Gasteiger partial charge in [0.1, 0.15) is 18.1 Å². The zero-order chi connectivity index (χ0) is 22.1. The maximum Gasteiger partial charge on any atom is 0.435 e. The van der Waals surface area contributed by atoms with Crippen LogP contribution in [0.25, 0.3) is 0 Å². The number of halogens is 3. The van der Waals surface area contributed by atoms with Crippen molar-refractivity contribution in [2.24, 2.45) is 5.73 Å². The third-order valence-corrected chi connectivity index (χ3v) is 5.19. The molecule has 0 saturated carbocycles. The van der Waals surface area contributed by atoms with Gasteiger partial charge >= 0.3 is 6.18 Å². The summed E-state index contributed by atoms with van der Waals surface area (Å²) in [6.45, 7) is 0.189. The molecule has 1 aromatic rings. The summed E-state index contributed by atoms with van der Waals surface area (Å²) < 4.78 is 39.5. The van der Waals surface area contributed by atoms with Crippen LogP contribution in [0, 0.1) is 0 Å². The lowest BCUT2D eigenvalue weighted by atomic mass is 10.1. The Labute approximate surface area is 168 Å². The second-order valence-electron chi connectivity index (χ2n) is 7.24. The fourth-order valence-corrected chi connectivity index (χ4v) is 3.73. The maximum atomic E-state index is 13.2. The molecule has 3 heterocycles. The van der Waals surface area contributed by atoms with Crippen LogP contribution in [0.4, 0.5) is 13.2 Å². The summed E-state index contributed by atoms with van der Waals surface area (Å²) in [6.07, 6.45) is -3.27. The van der Waals surface area contributed by atoms with Crippen molar-refractivity contribution in [1.29, 1.82) is 0 Å². The Morgan fingerprint density at radius 3 is 2.67 bits per heavy atom. The van der Waals surface area contributed by atoms with Gasteiger partial charge in [0.2, 0.25) is 23.6 Å². The molecule has 2 aliphatic heterocycles. The minimum Gasteiger partial charge on any atom is -0.368 e. The van der Waals surface area contributed by atoms with Crippen LogP contribution in [0.5, 0.6) is 0 Å². The maximum absolute atomic E-state index is 13.2. The van der Waals surface area contributed by atoms with Crippen LogP contribution in [0.15, 0.2) is 6.33 Å². The van der Waals surface area contributed by atoms with Gasteiger partial charge in [0.15, 0.2) is 5.69 Å². The standard InChI is InChI=1S/C17H21F3N6O4/c18-17(19,20)13-9(22-7-23-13)6-10(25-15(29)8-3-4-12(27)24-8)16(30)26-5-1-2-11(26)14(21)28/h7-8,10-11H,1-6H2,(H2,21,28)(H,22,23)(H,24,27)(H,25,29)/t8-,10-,11-/m0/s1. The Morgan fingerprint density at radius 1 is 1.33 bits per heavy atom. The number of aromatic amines is 1. The SMILES string of the molecule is NC(=O)[C@@H]1CCCN1C(=O)[C@H](Cc1[nH]cnc1C(F)(F)F)NC(=O)[C@@H]1CCC(=O)N1. The second-order valence-corrected chi connectivity index (χ2v) is 7.24. The molecule has 2 aliphatic rings. The molecule has 0 aliphatic carbocycles. The summed E-state index contributed by atoms with van der Waals surface area (Å²) in [7, 11) is 0. The lowest BCUT2D eigenvalue weighted by Gasteiger charge is -2.28. The Balaban J connectivity index is 1.84. The second kappa shape index (κ2) is 8.32. The normalized spacial score (nSPS) is 22.6. The van der Waals surface area contributed by atoms with Crippen molar-refractivity contribution in [2.75, 3.05) is 6.54 Å². The van der Waals surface area contributed by atoms with E-state index in [0.717, 1.165) is 6.33 Å². The predicted octanol–water partition coefficient (Wildman–Crippen LogP) is -0.789. The molecule has 30 heavy (non-hydrogen) atoms. The third-order valence-electron chi connectivity index (χ3n) is 5.19. The zero-order valence-corrected chi connectivity index (χ0v) is 15.8. The molecular formula is C17H21F3N6O4. The molecule has 0 radical (unpaired) electrons. The minimum absolute atomic E-state index is 0.130. The van der Waals surface area contributed by atoms with Gasteiger partial charge < -0.3 is 26.3 Å². The van der Waals surface area contributed by atoms with Crippen molar-refractivity contribution in [3.63, 3.8) is 0 Å². The fraction of sp³-hybridized carbons (Fsp3) is 0.588. The number of aromatic nitrogens is 2. The Bertz CT molecular complexity index is 855. The molecule has 3 rings (SSSR count). The van der Waals surface area contributed by atoms with E-state index in [1.54, 1.807) is 0 Å². The van der Waals surface area contributed by atoms with Crippen LogP contribution < -0.4 is 16.4 Å². The van der Waals surface area contributed by atoms with E-state index in [1.807, 2.05) is 0 Å². The molecule has 5 N–H and O–H groups in total. The van der Waals surface area contributed by atoms with Crippen LogP contribution in [0.1, 0.15) is 37.1 Å². The van der Waals surface area contributed by atoms with E-state index in [-0.39, 0.29) is 31.0 Å². The third kappa shape index (κ3) is 4.54. The van der Waals surface area contributed by atoms with Crippen molar-refractivity contribution >= 4 is 23.6 Å². The highest BCUT2D eigenvalue weighted by Gasteiger charge is 2.41. The van der Waals surface area contributed by atoms with Crippen LogP contribution in [0.2, 0.25) is 0 Å². The van der Waals surface area contributed by atoms with Crippen LogP contribution >= 0.6 is 0 Å². The van der Waals surface area contributed by atoms with Gasteiger partial charge in [-0.15, -0.1) is 0 Å². The summed E-state index contributed by atoms with van der Waals surface area (Å²) in [6, 6.07) is -3.19. The quantitative estimate of drug-likeness (QED) is 0.467. The number of rotatable bonds is 6. The van der Waals surface area contributed by atoms with Crippen LogP contribution in [-0.2, 0) is 31.8 Å². The van der Waals surface area contributed by atoms with Gasteiger partial charge in [0.05, 0.1) is 6.33 Å². The largest absolute Gasteiger partial charge is 0.435 e. The first-order valence-electron chi connectivity index (χ1n) is 9.37. The predicted molar refractivity (Wildman–Crippen MR) is 94.3 cm³/mol. The fourth-order valence-electron chi connectivity index (χ4n) is 3.73. The Kier molecular flexibility index (Phi) is 5.99. The number of carbonyl (C=O) groups excluding carboxylic acids is 4. The molecular weight excluding hydrogens is 409 g/mol. The highest BCUT2D eigenvalue weighted by atomic mass is 19.4. The van der Waals surface area contributed by atoms with Gasteiger partial charge in [-0.3, -0.25) is 19.2 Å². The highest BCUT2D eigenvalue weighted by molar-refractivity contribution is 5.95. The number of hydrogen-bond acceptors (Lipinski definition) is 5. The molecule has 0 spiro atoms. The number of H-pyrrole nitrogens is 1. The van der Waals surface area contributed by atoms with E-state index in [4.69, 9.17) is 5.73 Å². The van der Waals surface area contributed by atoms with Gasteiger partial charge in [0.25, 0.3) is 0 Å². The number of imidazole rings is 1. The number of likely N-dealkylation sites (tertiary alicyclic amines) is 1. The number of nitrogens with two attached hydrogens (primary N) is 1. The zero-order valence-electron chi connectivity index (χ0n) is 15.8. The van der Waals surface area contributed by atoms with Crippen molar-refractivity contribution < 1.29 is 32.3 Å². The van der Waals surface area contributed by atoms with Gasteiger partial charge in [-0.2, -0.15) is 13.2 Å². The van der Waals surface area contributed by atoms with Crippen molar-refractivity contribution in [1.82, 2.24) is 25.5 Å². The number of nitrogens with zero attached hydrogens (tertiary/aromatic N) is 2. The topological polar surface area (TPSA) is 150 Å². The molecule has 13 heteroatoms. The first-order chi connectivity index (χ1) is 14.1. The smallest absolute Gasteiger partial charge is 0.368 e. The van der Waals surface area contributed by atoms with E-state index in [0.29, 0.717) is 12.8 Å². The number of amides is 4. The molecule has 4 amide bonds. The molecule has 2 saturated heterocycles. The average molecular weight is 430 g/mol. The molecule has 1 aromatic heterocycles. The first kappa shape index (κ1) is 21.6. The van der Waals surface area contributed by atoms with E-state index in [1.165, 1.54) is 4.90 Å². The number of hydrogen-bond donors (Lipinski definition) is 4. The average Bonchev–Trinajstić information content (AvgIpc) is 3.39. The lowest BCUT2D eigenvalue weighted by molar-refractivity contribution is -0.143. The number of nitrogens with one attached hydrogen (secondary N) is 3. The van der Waals surface area contributed by atoms with E-state index >= 15 is 0 Å². The van der Waals surface area contributed by atoms with Crippen LogP contribution in [-0.4, -0.2) is 63.2 Å². The summed E-state index contributed by atoms with van der Waals surface area (Å²) in [4.78, 5) is 55.4. The first-order valence-corrected chi connectivity index (χ1v) is 9.37. The van der Waals surface area contributed by atoms with Crippen molar-refractivity contribution in [3.05, 3.63) is 17.7 Å². The summed E-state index contributed by atoms with van der Waals surface area (Å²) >= 11 is 0. The molecule has 0 bridgehead atoms. The molecule has 2 fully saturated rings. The van der Waals surface area contributed by atoms with Gasteiger partial charge in [-0.05, 0) is 19.3 Å². The molecule has 3 atom stereocenters. The summed E-state index contributed by atoms with van der Waals surface area (Å²) in [5.41, 5.74) is 3.75. The van der Waals surface area contributed by atoms with Gasteiger partial charge in [-0.1, -0.05) is 0 Å². The lowest BCUT2D eigenvalue weighted by Crippen LogP contribution is -2.56. The number of carbonyl (C=O) groups is 4. The summed E-state index contributed by atoms with van der Waals surface area (Å²) in [5.74, 6) is -2.48. The number of alkyl halides is 3. The van der Waals surface area contributed by atoms with E-state index in [9.17, 15) is 32.3 Å². The van der Waals surface area contributed by atoms with Gasteiger partial charge in [0, 0.05) is 25.1 Å². The van der Waals surface area contributed by atoms with Crippen molar-refractivity contribution in [2.45, 2.75) is 56.4 Å². The minimum atomic E-state index is -4.75. The molecule has 0 unspecified atom stereocenters. The highest BCUT2D eigenvalue weighted by Crippen LogP contribution is 2.30. The summed E-state index contributed by atoms with van der Waals surface area (Å²) in [5, 5.41) is 4.86. The van der Waals surface area contributed by atoms with Gasteiger partial charge in [-0.25, -0.2) is 4.98 Å². The Morgan fingerprint density at radius 2 is 2.07 bits per heavy atom. The van der Waals surface area contributed by atoms with E-state index < -0.39 is 54.1 Å². The van der Waals surface area contributed by atoms with Crippen LogP contribution in [0.3, 0.4) is 0 Å². The molecule has 0 aromatic carbocycles. The number of primary amides is 1. The van der Waals surface area contributed by atoms with E-state index in [2.05, 4.69) is 20.6 Å². The monoisotopic (exact) mass is 430 g/mol. The molecule has 10 nitrogen and oxygen atoms in total. The Hall–Kier alpha value is -3.12. The van der Waals surface area contributed by atoms with Crippen molar-refractivity contribution in [3.8, 4) is 0 Å². The molecule has 164 valence electrons.